The number of ether oxygens (including phenoxy) is 2. The highest BCUT2D eigenvalue weighted by Gasteiger charge is 2.38. The Bertz CT molecular complexity index is 242. The Morgan fingerprint density at radius 3 is 2.85 bits per heavy atom. The van der Waals surface area contributed by atoms with Crippen molar-refractivity contribution in [1.29, 1.82) is 0 Å². The van der Waals surface area contributed by atoms with Crippen molar-refractivity contribution < 1.29 is 19.4 Å². The molecule has 0 aromatic rings. The van der Waals surface area contributed by atoms with Gasteiger partial charge in [0.25, 0.3) is 0 Å². The van der Waals surface area contributed by atoms with Crippen molar-refractivity contribution >= 4 is 5.97 Å². The molecule has 4 nitrogen and oxygen atoms in total. The normalized spacial score (nSPS) is 36.0. The number of hydrogen-bond acceptors (Lipinski definition) is 4. The van der Waals surface area contributed by atoms with Crippen molar-refractivity contribution in [3.8, 4) is 0 Å². The van der Waals surface area contributed by atoms with Crippen LogP contribution in [0.2, 0.25) is 0 Å². The van der Waals surface area contributed by atoms with E-state index in [2.05, 4.69) is 4.74 Å². The SMILES string of the molecule is COC(=O)/C=C1/CC(C)(O)C(C)O1. The summed E-state index contributed by atoms with van der Waals surface area (Å²) >= 11 is 0. The third kappa shape index (κ3) is 2.21. The Kier molecular flexibility index (Phi) is 2.61. The third-order valence-corrected chi connectivity index (χ3v) is 2.22. The highest BCUT2D eigenvalue weighted by Crippen LogP contribution is 2.32. The number of aliphatic hydroxyl groups is 1. The number of carbonyl (C=O) groups excluding carboxylic acids is 1. The number of carbonyl (C=O) groups is 1. The molecule has 1 heterocycles. The van der Waals surface area contributed by atoms with Crippen LogP contribution < -0.4 is 0 Å². The lowest BCUT2D eigenvalue weighted by molar-refractivity contribution is -0.135. The van der Waals surface area contributed by atoms with Gasteiger partial charge in [-0.15, -0.1) is 0 Å². The van der Waals surface area contributed by atoms with Crippen molar-refractivity contribution in [3.63, 3.8) is 0 Å². The number of esters is 1. The van der Waals surface area contributed by atoms with Crippen LogP contribution in [0.3, 0.4) is 0 Å². The van der Waals surface area contributed by atoms with E-state index in [1.54, 1.807) is 13.8 Å². The van der Waals surface area contributed by atoms with Crippen molar-refractivity contribution in [3.05, 3.63) is 11.8 Å². The van der Waals surface area contributed by atoms with Crippen LogP contribution in [0.1, 0.15) is 20.3 Å². The molecule has 0 saturated carbocycles. The van der Waals surface area contributed by atoms with Gasteiger partial charge in [0.1, 0.15) is 17.5 Å². The molecule has 1 N–H and O–H groups in total. The second kappa shape index (κ2) is 3.38. The topological polar surface area (TPSA) is 55.8 Å². The summed E-state index contributed by atoms with van der Waals surface area (Å²) in [5.74, 6) is 0.0178. The molecular weight excluding hydrogens is 172 g/mol. The zero-order valence-corrected chi connectivity index (χ0v) is 8.03. The maximum atomic E-state index is 10.8. The quantitative estimate of drug-likeness (QED) is 0.481. The van der Waals surface area contributed by atoms with Crippen LogP contribution in [0.4, 0.5) is 0 Å². The van der Waals surface area contributed by atoms with Crippen LogP contribution in [-0.2, 0) is 14.3 Å². The van der Waals surface area contributed by atoms with E-state index in [-0.39, 0.29) is 6.10 Å². The summed E-state index contributed by atoms with van der Waals surface area (Å²) in [6.07, 6.45) is 1.32. The van der Waals surface area contributed by atoms with Gasteiger partial charge in [-0.2, -0.15) is 0 Å². The van der Waals surface area contributed by atoms with E-state index in [1.807, 2.05) is 0 Å². The van der Waals surface area contributed by atoms with Gasteiger partial charge < -0.3 is 14.6 Å². The molecule has 0 aromatic carbocycles. The Hall–Kier alpha value is -1.03. The van der Waals surface area contributed by atoms with E-state index in [0.29, 0.717) is 12.2 Å². The fourth-order valence-electron chi connectivity index (χ4n) is 1.17. The van der Waals surface area contributed by atoms with Crippen LogP contribution in [0.15, 0.2) is 11.8 Å². The minimum Gasteiger partial charge on any atom is -0.492 e. The molecule has 4 heteroatoms. The fourth-order valence-corrected chi connectivity index (χ4v) is 1.17. The monoisotopic (exact) mass is 186 g/mol. The predicted octanol–water partition coefficient (Wildman–Crippen LogP) is 0.603. The summed E-state index contributed by atoms with van der Waals surface area (Å²) < 4.78 is 9.70. The van der Waals surface area contributed by atoms with Crippen molar-refractivity contribution in [2.45, 2.75) is 32.0 Å². The average molecular weight is 186 g/mol. The summed E-state index contributed by atoms with van der Waals surface area (Å²) in [5, 5.41) is 9.70. The first-order valence-corrected chi connectivity index (χ1v) is 4.13. The molecular formula is C9H14O4. The fraction of sp³-hybridized carbons (Fsp3) is 0.667. The molecule has 2 unspecified atom stereocenters. The van der Waals surface area contributed by atoms with E-state index in [0.717, 1.165) is 0 Å². The standard InChI is InChI=1S/C9H14O4/c1-6-9(2,11)5-7(13-6)4-8(10)12-3/h4,6,11H,5H2,1-3H3/b7-4-. The summed E-state index contributed by atoms with van der Waals surface area (Å²) in [7, 11) is 1.30. The second-order valence-corrected chi connectivity index (χ2v) is 3.43. The lowest BCUT2D eigenvalue weighted by Gasteiger charge is -2.18. The van der Waals surface area contributed by atoms with Crippen molar-refractivity contribution in [2.75, 3.05) is 7.11 Å². The largest absolute Gasteiger partial charge is 0.492 e. The lowest BCUT2D eigenvalue weighted by Crippen LogP contribution is -2.31. The minimum atomic E-state index is -0.889. The van der Waals surface area contributed by atoms with Crippen LogP contribution in [0.5, 0.6) is 0 Å². The smallest absolute Gasteiger partial charge is 0.333 e. The summed E-state index contributed by atoms with van der Waals surface area (Å²) in [6, 6.07) is 0. The zero-order valence-electron chi connectivity index (χ0n) is 8.03. The molecule has 1 saturated heterocycles. The van der Waals surface area contributed by atoms with E-state index >= 15 is 0 Å². The molecule has 1 aliphatic rings. The molecule has 1 aliphatic heterocycles. The molecule has 0 amide bonds. The molecule has 0 radical (unpaired) electrons. The number of hydrogen-bond donors (Lipinski definition) is 1. The van der Waals surface area contributed by atoms with Gasteiger partial charge in [-0.3, -0.25) is 0 Å². The van der Waals surface area contributed by atoms with E-state index in [1.165, 1.54) is 13.2 Å². The minimum absolute atomic E-state index is 0.289. The van der Waals surface area contributed by atoms with Gasteiger partial charge in [-0.1, -0.05) is 0 Å². The van der Waals surface area contributed by atoms with Gasteiger partial charge in [0.15, 0.2) is 0 Å². The molecule has 2 atom stereocenters. The van der Waals surface area contributed by atoms with Crippen LogP contribution in [-0.4, -0.2) is 29.9 Å². The zero-order chi connectivity index (χ0) is 10.1. The summed E-state index contributed by atoms with van der Waals surface area (Å²) in [5.41, 5.74) is -0.889. The number of methoxy groups -OCH3 is 1. The summed E-state index contributed by atoms with van der Waals surface area (Å²) in [4.78, 5) is 10.8. The Morgan fingerprint density at radius 2 is 2.46 bits per heavy atom. The summed E-state index contributed by atoms with van der Waals surface area (Å²) in [6.45, 7) is 3.44. The van der Waals surface area contributed by atoms with Crippen LogP contribution >= 0.6 is 0 Å². The lowest BCUT2D eigenvalue weighted by atomic mass is 9.99. The molecule has 74 valence electrons. The van der Waals surface area contributed by atoms with E-state index < -0.39 is 11.6 Å². The molecule has 0 bridgehead atoms. The van der Waals surface area contributed by atoms with E-state index in [4.69, 9.17) is 4.74 Å². The maximum absolute atomic E-state index is 10.8. The highest BCUT2D eigenvalue weighted by atomic mass is 16.5. The molecule has 0 aromatic heterocycles. The average Bonchev–Trinajstić information content (AvgIpc) is 2.25. The van der Waals surface area contributed by atoms with Gasteiger partial charge in [-0.05, 0) is 13.8 Å². The van der Waals surface area contributed by atoms with E-state index in [9.17, 15) is 9.90 Å². The highest BCUT2D eigenvalue weighted by molar-refractivity contribution is 5.82. The first-order valence-electron chi connectivity index (χ1n) is 4.13. The first-order chi connectivity index (χ1) is 5.95. The van der Waals surface area contributed by atoms with Gasteiger partial charge in [0.2, 0.25) is 0 Å². The second-order valence-electron chi connectivity index (χ2n) is 3.43. The van der Waals surface area contributed by atoms with Gasteiger partial charge in [-0.25, -0.2) is 4.79 Å². The van der Waals surface area contributed by atoms with Gasteiger partial charge >= 0.3 is 5.97 Å². The van der Waals surface area contributed by atoms with Gasteiger partial charge in [0, 0.05) is 6.42 Å². The molecule has 1 rings (SSSR count). The Labute approximate surface area is 77.1 Å². The Balaban J connectivity index is 2.68. The molecule has 0 spiro atoms. The maximum Gasteiger partial charge on any atom is 0.333 e. The van der Waals surface area contributed by atoms with Crippen molar-refractivity contribution in [1.82, 2.24) is 0 Å². The Morgan fingerprint density at radius 1 is 1.85 bits per heavy atom. The predicted molar refractivity (Wildman–Crippen MR) is 45.9 cm³/mol. The first kappa shape index (κ1) is 10.1. The number of rotatable bonds is 1. The third-order valence-electron chi connectivity index (χ3n) is 2.22. The molecule has 0 aliphatic carbocycles. The molecule has 13 heavy (non-hydrogen) atoms. The van der Waals surface area contributed by atoms with Crippen LogP contribution in [0.25, 0.3) is 0 Å². The molecule has 1 fully saturated rings. The van der Waals surface area contributed by atoms with Crippen LogP contribution in [0, 0.1) is 0 Å². The van der Waals surface area contributed by atoms with Gasteiger partial charge in [0.05, 0.1) is 13.2 Å². The van der Waals surface area contributed by atoms with Crippen molar-refractivity contribution in [2.24, 2.45) is 0 Å².